The Hall–Kier alpha value is -7.14. The number of aromatic nitrogens is 3. The molecule has 0 fully saturated rings. The monoisotopic (exact) mass is 731 g/mol. The molecule has 0 aliphatic carbocycles. The SMILES string of the molecule is c1ccc(-c2cc(-c3ccccc3)nc(-c3cccc(-c4cccc5sc6ccc(-c7ccc8c(c7)c7ccccc7n8-c7ccccc7)cc6c45)c3)n2)cc1. The Morgan fingerprint density at radius 3 is 1.70 bits per heavy atom. The molecule has 0 spiro atoms. The van der Waals surface area contributed by atoms with Crippen LogP contribution in [0.2, 0.25) is 0 Å². The maximum atomic E-state index is 5.13. The Morgan fingerprint density at radius 1 is 0.357 bits per heavy atom. The van der Waals surface area contributed by atoms with Crippen LogP contribution in [-0.2, 0) is 0 Å². The number of nitrogens with zero attached hydrogens (tertiary/aromatic N) is 3. The largest absolute Gasteiger partial charge is 0.309 e. The summed E-state index contributed by atoms with van der Waals surface area (Å²) >= 11 is 1.85. The fourth-order valence-corrected chi connectivity index (χ4v) is 9.28. The molecule has 11 aromatic rings. The normalized spacial score (nSPS) is 11.6. The molecule has 3 aromatic heterocycles. The second-order valence-electron chi connectivity index (χ2n) is 14.2. The first kappa shape index (κ1) is 32.3. The van der Waals surface area contributed by atoms with E-state index in [2.05, 4.69) is 193 Å². The van der Waals surface area contributed by atoms with Crippen LogP contribution in [0.15, 0.2) is 200 Å². The minimum absolute atomic E-state index is 0.709. The zero-order valence-electron chi connectivity index (χ0n) is 30.3. The topological polar surface area (TPSA) is 30.7 Å². The van der Waals surface area contributed by atoms with Crippen LogP contribution >= 0.6 is 11.3 Å². The fraction of sp³-hybridized carbons (Fsp3) is 0. The van der Waals surface area contributed by atoms with Gasteiger partial charge in [-0.3, -0.25) is 0 Å². The Kier molecular flexibility index (Phi) is 7.68. The number of fused-ring (bicyclic) bond motifs is 6. The summed E-state index contributed by atoms with van der Waals surface area (Å²) in [7, 11) is 0. The lowest BCUT2D eigenvalue weighted by molar-refractivity contribution is 1.18. The minimum Gasteiger partial charge on any atom is -0.309 e. The van der Waals surface area contributed by atoms with Gasteiger partial charge in [-0.15, -0.1) is 11.3 Å². The van der Waals surface area contributed by atoms with Gasteiger partial charge in [0.25, 0.3) is 0 Å². The first-order valence-electron chi connectivity index (χ1n) is 18.9. The lowest BCUT2D eigenvalue weighted by Crippen LogP contribution is -1.96. The van der Waals surface area contributed by atoms with Gasteiger partial charge in [0.1, 0.15) is 0 Å². The van der Waals surface area contributed by atoms with E-state index in [0.717, 1.165) is 33.6 Å². The smallest absolute Gasteiger partial charge is 0.160 e. The maximum Gasteiger partial charge on any atom is 0.160 e. The summed E-state index contributed by atoms with van der Waals surface area (Å²) in [5.41, 5.74) is 13.3. The molecule has 0 unspecified atom stereocenters. The third-order valence-electron chi connectivity index (χ3n) is 10.8. The summed E-state index contributed by atoms with van der Waals surface area (Å²) < 4.78 is 4.92. The zero-order valence-corrected chi connectivity index (χ0v) is 31.1. The van der Waals surface area contributed by atoms with Crippen molar-refractivity contribution in [2.45, 2.75) is 0 Å². The molecule has 0 saturated heterocycles. The molecule has 0 aliphatic rings. The van der Waals surface area contributed by atoms with E-state index in [9.17, 15) is 0 Å². The highest BCUT2D eigenvalue weighted by atomic mass is 32.1. The average molecular weight is 732 g/mol. The molecule has 3 heterocycles. The Labute approximate surface area is 328 Å². The van der Waals surface area contributed by atoms with Crippen molar-refractivity contribution in [3.63, 3.8) is 0 Å². The van der Waals surface area contributed by atoms with Crippen molar-refractivity contribution in [3.8, 4) is 61.8 Å². The van der Waals surface area contributed by atoms with Gasteiger partial charge in [-0.25, -0.2) is 9.97 Å². The summed E-state index contributed by atoms with van der Waals surface area (Å²) in [5.74, 6) is 0.709. The molecule has 262 valence electrons. The van der Waals surface area contributed by atoms with Crippen molar-refractivity contribution in [1.29, 1.82) is 0 Å². The third kappa shape index (κ3) is 5.50. The number of hydrogen-bond donors (Lipinski definition) is 0. The summed E-state index contributed by atoms with van der Waals surface area (Å²) in [6.07, 6.45) is 0. The Balaban J connectivity index is 1.04. The molecule has 0 radical (unpaired) electrons. The van der Waals surface area contributed by atoms with Crippen molar-refractivity contribution in [3.05, 3.63) is 200 Å². The summed E-state index contributed by atoms with van der Waals surface area (Å²) in [6.45, 7) is 0. The van der Waals surface area contributed by atoms with Crippen LogP contribution < -0.4 is 0 Å². The zero-order chi connectivity index (χ0) is 37.0. The number of thiophene rings is 1. The minimum atomic E-state index is 0.709. The number of rotatable bonds is 6. The van der Waals surface area contributed by atoms with E-state index in [1.165, 1.54) is 64.4 Å². The van der Waals surface area contributed by atoms with E-state index < -0.39 is 0 Å². The predicted molar refractivity (Wildman–Crippen MR) is 236 cm³/mol. The molecule has 0 saturated carbocycles. The van der Waals surface area contributed by atoms with Gasteiger partial charge in [-0.2, -0.15) is 0 Å². The van der Waals surface area contributed by atoms with E-state index in [0.29, 0.717) is 5.82 Å². The van der Waals surface area contributed by atoms with Crippen molar-refractivity contribution in [2.24, 2.45) is 0 Å². The van der Waals surface area contributed by atoms with Crippen LogP contribution in [0.5, 0.6) is 0 Å². The second kappa shape index (κ2) is 13.3. The molecule has 0 atom stereocenters. The molecule has 4 heteroatoms. The molecule has 3 nitrogen and oxygen atoms in total. The van der Waals surface area contributed by atoms with Crippen LogP contribution in [0.25, 0.3) is 104 Å². The van der Waals surface area contributed by atoms with Crippen LogP contribution in [0.3, 0.4) is 0 Å². The number of benzene rings is 8. The van der Waals surface area contributed by atoms with E-state index in [1.54, 1.807) is 0 Å². The van der Waals surface area contributed by atoms with E-state index in [4.69, 9.17) is 9.97 Å². The molecule has 11 rings (SSSR count). The van der Waals surface area contributed by atoms with Gasteiger partial charge in [0.15, 0.2) is 5.82 Å². The van der Waals surface area contributed by atoms with Crippen LogP contribution in [0.4, 0.5) is 0 Å². The van der Waals surface area contributed by atoms with E-state index in [1.807, 2.05) is 23.5 Å². The van der Waals surface area contributed by atoms with Crippen LogP contribution in [0.1, 0.15) is 0 Å². The quantitative estimate of drug-likeness (QED) is 0.170. The van der Waals surface area contributed by atoms with Crippen LogP contribution in [0, 0.1) is 0 Å². The van der Waals surface area contributed by atoms with E-state index in [-0.39, 0.29) is 0 Å². The average Bonchev–Trinajstić information content (AvgIpc) is 3.82. The highest BCUT2D eigenvalue weighted by Crippen LogP contribution is 2.43. The highest BCUT2D eigenvalue weighted by molar-refractivity contribution is 7.26. The lowest BCUT2D eigenvalue weighted by Gasteiger charge is -2.11. The van der Waals surface area contributed by atoms with Crippen LogP contribution in [-0.4, -0.2) is 14.5 Å². The van der Waals surface area contributed by atoms with Crippen molar-refractivity contribution in [1.82, 2.24) is 14.5 Å². The van der Waals surface area contributed by atoms with Crippen molar-refractivity contribution < 1.29 is 0 Å². The molecular formula is C52H33N3S. The van der Waals surface area contributed by atoms with Gasteiger partial charge >= 0.3 is 0 Å². The van der Waals surface area contributed by atoms with Gasteiger partial charge in [-0.1, -0.05) is 140 Å². The molecule has 0 aliphatic heterocycles. The van der Waals surface area contributed by atoms with Gasteiger partial charge in [-0.05, 0) is 82.9 Å². The molecule has 0 N–H and O–H groups in total. The summed E-state index contributed by atoms with van der Waals surface area (Å²) in [6, 6.07) is 71.4. The van der Waals surface area contributed by atoms with Gasteiger partial charge < -0.3 is 4.57 Å². The highest BCUT2D eigenvalue weighted by Gasteiger charge is 2.17. The van der Waals surface area contributed by atoms with Gasteiger partial charge in [0.2, 0.25) is 0 Å². The fourth-order valence-electron chi connectivity index (χ4n) is 8.17. The molecule has 8 aromatic carbocycles. The third-order valence-corrected chi connectivity index (χ3v) is 11.9. The number of para-hydroxylation sites is 2. The number of hydrogen-bond acceptors (Lipinski definition) is 3. The predicted octanol–water partition coefficient (Wildman–Crippen LogP) is 14.3. The van der Waals surface area contributed by atoms with Crippen molar-refractivity contribution in [2.75, 3.05) is 0 Å². The summed E-state index contributed by atoms with van der Waals surface area (Å²) in [5, 5.41) is 5.05. The Bertz CT molecular complexity index is 3180. The first-order chi connectivity index (χ1) is 27.7. The standard InChI is InChI=1S/C52H33N3S/c1-4-14-34(15-5-1)45-33-46(35-16-6-2-7-17-35)54-52(53-45)39-19-12-18-38(30-39)41-23-13-25-50-51(41)44-32-37(27-29-49(44)56-50)36-26-28-48-43(31-36)42-22-10-11-24-47(42)55(48)40-20-8-3-9-21-40/h1-33H. The lowest BCUT2D eigenvalue weighted by atomic mass is 9.96. The summed E-state index contributed by atoms with van der Waals surface area (Å²) in [4.78, 5) is 10.3. The van der Waals surface area contributed by atoms with Crippen molar-refractivity contribution >= 4 is 53.3 Å². The second-order valence-corrected chi connectivity index (χ2v) is 15.3. The molecule has 0 amide bonds. The Morgan fingerprint density at radius 2 is 0.946 bits per heavy atom. The first-order valence-corrected chi connectivity index (χ1v) is 19.7. The molecule has 0 bridgehead atoms. The van der Waals surface area contributed by atoms with Gasteiger partial charge in [0.05, 0.1) is 22.4 Å². The molecule has 56 heavy (non-hydrogen) atoms. The maximum absolute atomic E-state index is 5.13. The van der Waals surface area contributed by atoms with E-state index >= 15 is 0 Å². The van der Waals surface area contributed by atoms with Gasteiger partial charge in [0, 0.05) is 53.3 Å². The molecular weight excluding hydrogens is 699 g/mol.